The second kappa shape index (κ2) is 14.5. The minimum Gasteiger partial charge on any atom is -0.508 e. The Bertz CT molecular complexity index is 973. The molecule has 9 N–H and O–H groups in total. The van der Waals surface area contributed by atoms with Crippen molar-refractivity contribution < 1.29 is 44.1 Å². The van der Waals surface area contributed by atoms with E-state index in [1.807, 2.05) is 5.32 Å². The van der Waals surface area contributed by atoms with Crippen molar-refractivity contribution in [2.24, 2.45) is 5.73 Å². The van der Waals surface area contributed by atoms with Crippen LogP contribution in [-0.4, -0.2) is 87.4 Å². The molecule has 0 spiro atoms. The van der Waals surface area contributed by atoms with Gasteiger partial charge in [-0.25, -0.2) is 4.79 Å². The number of carboxylic acid groups (broad SMARTS) is 2. The van der Waals surface area contributed by atoms with E-state index in [1.54, 1.807) is 12.1 Å². The van der Waals surface area contributed by atoms with Gasteiger partial charge >= 0.3 is 11.9 Å². The van der Waals surface area contributed by atoms with Gasteiger partial charge in [-0.2, -0.15) is 12.6 Å². The maximum atomic E-state index is 12.8. The van der Waals surface area contributed by atoms with Crippen LogP contribution in [0, 0.1) is 0 Å². The largest absolute Gasteiger partial charge is 0.508 e. The van der Waals surface area contributed by atoms with Crippen LogP contribution in [0.5, 0.6) is 5.75 Å². The molecular weight excluding hydrogens is 498 g/mol. The van der Waals surface area contributed by atoms with Crippen molar-refractivity contribution in [3.8, 4) is 5.75 Å². The molecule has 0 heterocycles. The lowest BCUT2D eigenvalue weighted by atomic mass is 10.0. The molecule has 4 atom stereocenters. The number of benzene rings is 1. The zero-order chi connectivity index (χ0) is 27.4. The molecule has 14 nitrogen and oxygen atoms in total. The number of carbonyl (C=O) groups excluding carboxylic acids is 4. The standard InChI is InChI=1S/C21H29N5O9S/c1-10(18(31)23-8-16(28)25-15(21(34)35)7-17(29)30)24-20(33)14(26-19(32)13(22)9-36)6-11-2-4-12(27)5-3-11/h2-5,10,13-15,27,36H,6-9,22H2,1H3,(H,23,31)(H,24,33)(H,25,28)(H,26,32)(H,29,30)(H,34,35)/t10-,13-,14-,15-/m0/s1. The van der Waals surface area contributed by atoms with E-state index in [0.717, 1.165) is 0 Å². The van der Waals surface area contributed by atoms with Gasteiger partial charge in [-0.05, 0) is 24.6 Å². The fourth-order valence-corrected chi connectivity index (χ4v) is 2.92. The van der Waals surface area contributed by atoms with E-state index in [1.165, 1.54) is 19.1 Å². The van der Waals surface area contributed by atoms with E-state index in [-0.39, 0.29) is 17.9 Å². The molecule has 0 aliphatic carbocycles. The summed E-state index contributed by atoms with van der Waals surface area (Å²) in [4.78, 5) is 71.0. The highest BCUT2D eigenvalue weighted by molar-refractivity contribution is 7.80. The zero-order valence-electron chi connectivity index (χ0n) is 19.3. The van der Waals surface area contributed by atoms with E-state index in [0.29, 0.717) is 5.56 Å². The second-order valence-electron chi connectivity index (χ2n) is 7.73. The molecule has 1 aromatic carbocycles. The molecular formula is C21H29N5O9S. The number of nitrogens with two attached hydrogens (primary N) is 1. The normalized spacial score (nSPS) is 13.9. The Morgan fingerprint density at radius 3 is 2.06 bits per heavy atom. The summed E-state index contributed by atoms with van der Waals surface area (Å²) in [5.74, 6) is -6.10. The first-order chi connectivity index (χ1) is 16.8. The van der Waals surface area contributed by atoms with Crippen molar-refractivity contribution in [1.29, 1.82) is 0 Å². The van der Waals surface area contributed by atoms with Crippen molar-refractivity contribution >= 4 is 48.2 Å². The quantitative estimate of drug-likeness (QED) is 0.114. The Morgan fingerprint density at radius 1 is 0.917 bits per heavy atom. The molecule has 0 aromatic heterocycles. The summed E-state index contributed by atoms with van der Waals surface area (Å²) in [5.41, 5.74) is 6.24. The van der Waals surface area contributed by atoms with Gasteiger partial charge in [0.2, 0.25) is 23.6 Å². The van der Waals surface area contributed by atoms with E-state index in [2.05, 4.69) is 28.6 Å². The summed E-state index contributed by atoms with van der Waals surface area (Å²) in [6.45, 7) is 0.640. The summed E-state index contributed by atoms with van der Waals surface area (Å²) >= 11 is 3.95. The smallest absolute Gasteiger partial charge is 0.326 e. The second-order valence-corrected chi connectivity index (χ2v) is 8.09. The van der Waals surface area contributed by atoms with Crippen LogP contribution >= 0.6 is 12.6 Å². The average Bonchev–Trinajstić information content (AvgIpc) is 2.81. The third-order valence-corrected chi connectivity index (χ3v) is 5.12. The van der Waals surface area contributed by atoms with E-state index >= 15 is 0 Å². The Morgan fingerprint density at radius 2 is 1.53 bits per heavy atom. The van der Waals surface area contributed by atoms with Gasteiger partial charge < -0.3 is 42.3 Å². The molecule has 0 saturated carbocycles. The fourth-order valence-electron chi connectivity index (χ4n) is 2.76. The average molecular weight is 528 g/mol. The van der Waals surface area contributed by atoms with Gasteiger partial charge in [0.1, 0.15) is 23.9 Å². The minimum absolute atomic E-state index is 0.00727. The predicted molar refractivity (Wildman–Crippen MR) is 128 cm³/mol. The molecule has 0 bridgehead atoms. The number of nitrogens with one attached hydrogen (secondary N) is 4. The zero-order valence-corrected chi connectivity index (χ0v) is 20.2. The number of aromatic hydroxyl groups is 1. The van der Waals surface area contributed by atoms with Crippen LogP contribution in [0.2, 0.25) is 0 Å². The molecule has 1 rings (SSSR count). The van der Waals surface area contributed by atoms with Gasteiger partial charge in [-0.15, -0.1) is 0 Å². The van der Waals surface area contributed by atoms with E-state index < -0.39 is 72.7 Å². The SMILES string of the molecule is C[C@H](NC(=O)[C@H](Cc1ccc(O)cc1)NC(=O)[C@@H](N)CS)C(=O)NCC(=O)N[C@@H](CC(=O)O)C(=O)O. The molecule has 4 amide bonds. The number of carbonyl (C=O) groups is 6. The van der Waals surface area contributed by atoms with Gasteiger partial charge in [0.25, 0.3) is 0 Å². The highest BCUT2D eigenvalue weighted by atomic mass is 32.1. The highest BCUT2D eigenvalue weighted by Crippen LogP contribution is 2.12. The first kappa shape index (κ1) is 30.2. The molecule has 198 valence electrons. The maximum Gasteiger partial charge on any atom is 0.326 e. The Hall–Kier alpha value is -3.85. The molecule has 15 heteroatoms. The van der Waals surface area contributed by atoms with E-state index in [4.69, 9.17) is 15.9 Å². The predicted octanol–water partition coefficient (Wildman–Crippen LogP) is -2.66. The number of hydrogen-bond donors (Lipinski definition) is 9. The summed E-state index contributed by atoms with van der Waals surface area (Å²) < 4.78 is 0. The van der Waals surface area contributed by atoms with Crippen molar-refractivity contribution in [2.45, 2.75) is 43.9 Å². The topological polar surface area (TPSA) is 237 Å². The summed E-state index contributed by atoms with van der Waals surface area (Å²) in [6, 6.07) is 0.913. The number of thiol groups is 1. The summed E-state index contributed by atoms with van der Waals surface area (Å²) in [5, 5.41) is 36.1. The Kier molecular flexibility index (Phi) is 12.2. The summed E-state index contributed by atoms with van der Waals surface area (Å²) in [7, 11) is 0. The van der Waals surface area contributed by atoms with Gasteiger partial charge in [0.05, 0.1) is 19.0 Å². The molecule has 0 aliphatic rings. The minimum atomic E-state index is -1.68. The van der Waals surface area contributed by atoms with Crippen molar-refractivity contribution in [2.75, 3.05) is 12.3 Å². The molecule has 0 fully saturated rings. The third kappa shape index (κ3) is 10.6. The lowest BCUT2D eigenvalue weighted by Crippen LogP contribution is -2.56. The number of phenols is 1. The number of phenolic OH excluding ortho intramolecular Hbond substituents is 1. The van der Waals surface area contributed by atoms with Gasteiger partial charge in [0.15, 0.2) is 0 Å². The Labute approximate surface area is 211 Å². The van der Waals surface area contributed by atoms with Crippen molar-refractivity contribution in [3.05, 3.63) is 29.8 Å². The lowest BCUT2D eigenvalue weighted by Gasteiger charge is -2.22. The Balaban J connectivity index is 2.76. The number of amides is 4. The first-order valence-corrected chi connectivity index (χ1v) is 11.2. The van der Waals surface area contributed by atoms with Crippen LogP contribution in [0.4, 0.5) is 0 Å². The lowest BCUT2D eigenvalue weighted by molar-refractivity contribution is -0.147. The van der Waals surface area contributed by atoms with Gasteiger partial charge in [-0.3, -0.25) is 24.0 Å². The number of rotatable bonds is 14. The highest BCUT2D eigenvalue weighted by Gasteiger charge is 2.27. The van der Waals surface area contributed by atoms with Crippen molar-refractivity contribution in [3.63, 3.8) is 0 Å². The monoisotopic (exact) mass is 527 g/mol. The summed E-state index contributed by atoms with van der Waals surface area (Å²) in [6.07, 6.45) is -0.847. The fraction of sp³-hybridized carbons (Fsp3) is 0.429. The van der Waals surface area contributed by atoms with Gasteiger partial charge in [-0.1, -0.05) is 12.1 Å². The molecule has 36 heavy (non-hydrogen) atoms. The number of hydrogen-bond acceptors (Lipinski definition) is 9. The third-order valence-electron chi connectivity index (χ3n) is 4.73. The molecule has 0 aliphatic heterocycles. The number of carboxylic acids is 2. The van der Waals surface area contributed by atoms with Crippen LogP contribution in [0.3, 0.4) is 0 Å². The van der Waals surface area contributed by atoms with Crippen LogP contribution in [0.1, 0.15) is 18.9 Å². The first-order valence-electron chi connectivity index (χ1n) is 10.6. The van der Waals surface area contributed by atoms with Crippen LogP contribution in [-0.2, 0) is 35.2 Å². The molecule has 1 aromatic rings. The van der Waals surface area contributed by atoms with E-state index in [9.17, 15) is 33.9 Å². The van der Waals surface area contributed by atoms with Crippen LogP contribution in [0.15, 0.2) is 24.3 Å². The molecule has 0 saturated heterocycles. The van der Waals surface area contributed by atoms with Crippen LogP contribution < -0.4 is 27.0 Å². The van der Waals surface area contributed by atoms with Crippen LogP contribution in [0.25, 0.3) is 0 Å². The molecule has 0 unspecified atom stereocenters. The van der Waals surface area contributed by atoms with Crippen molar-refractivity contribution in [1.82, 2.24) is 21.3 Å². The molecule has 0 radical (unpaired) electrons. The number of aliphatic carboxylic acids is 2. The van der Waals surface area contributed by atoms with Gasteiger partial charge in [0, 0.05) is 12.2 Å². The maximum absolute atomic E-state index is 12.8.